The van der Waals surface area contributed by atoms with Gasteiger partial charge in [0.15, 0.2) is 0 Å². The van der Waals surface area contributed by atoms with Gasteiger partial charge in [-0.3, -0.25) is 0 Å². The molecular formula is C7H13F2N. The molecule has 0 radical (unpaired) electrons. The molecule has 1 unspecified atom stereocenters. The van der Waals surface area contributed by atoms with E-state index in [1.54, 1.807) is 0 Å². The van der Waals surface area contributed by atoms with Crippen LogP contribution in [0.4, 0.5) is 8.78 Å². The predicted octanol–water partition coefficient (Wildman–Crippen LogP) is 1.91. The Hall–Kier alpha value is -0.180. The van der Waals surface area contributed by atoms with Gasteiger partial charge in [0.2, 0.25) is 0 Å². The van der Waals surface area contributed by atoms with E-state index >= 15 is 0 Å². The largest absolute Gasteiger partial charge is 0.320 e. The van der Waals surface area contributed by atoms with Gasteiger partial charge < -0.3 is 5.73 Å². The molecular weight excluding hydrogens is 136 g/mol. The molecule has 1 rings (SSSR count). The van der Waals surface area contributed by atoms with Crippen LogP contribution in [0.2, 0.25) is 0 Å². The van der Waals surface area contributed by atoms with E-state index < -0.39 is 11.5 Å². The van der Waals surface area contributed by atoms with Crippen LogP contribution in [0, 0.1) is 0 Å². The molecule has 10 heavy (non-hydrogen) atoms. The van der Waals surface area contributed by atoms with Crippen LogP contribution in [-0.2, 0) is 0 Å². The third-order valence-electron chi connectivity index (χ3n) is 2.27. The highest BCUT2D eigenvalue weighted by atomic mass is 19.3. The van der Waals surface area contributed by atoms with Crippen molar-refractivity contribution in [1.82, 2.24) is 0 Å². The minimum atomic E-state index is -2.65. The molecule has 0 spiro atoms. The van der Waals surface area contributed by atoms with Gasteiger partial charge >= 0.3 is 0 Å². The summed E-state index contributed by atoms with van der Waals surface area (Å²) in [5, 5.41) is 0. The van der Waals surface area contributed by atoms with Crippen LogP contribution in [-0.4, -0.2) is 11.5 Å². The summed E-state index contributed by atoms with van der Waals surface area (Å²) in [4.78, 5) is 0. The second-order valence-electron chi connectivity index (χ2n) is 3.33. The summed E-state index contributed by atoms with van der Waals surface area (Å²) in [5.74, 6) is -2.65. The van der Waals surface area contributed by atoms with Crippen LogP contribution < -0.4 is 5.73 Å². The Kier molecular flexibility index (Phi) is 1.71. The Morgan fingerprint density at radius 2 is 1.70 bits per heavy atom. The molecule has 0 amide bonds. The van der Waals surface area contributed by atoms with Gasteiger partial charge in [0.25, 0.3) is 5.92 Å². The zero-order valence-corrected chi connectivity index (χ0v) is 6.16. The van der Waals surface area contributed by atoms with Crippen molar-refractivity contribution in [2.24, 2.45) is 5.73 Å². The fourth-order valence-corrected chi connectivity index (χ4v) is 1.31. The fraction of sp³-hybridized carbons (Fsp3) is 1.00. The molecule has 0 aromatic heterocycles. The van der Waals surface area contributed by atoms with Crippen molar-refractivity contribution >= 4 is 0 Å². The van der Waals surface area contributed by atoms with Crippen molar-refractivity contribution in [3.05, 3.63) is 0 Å². The van der Waals surface area contributed by atoms with Crippen molar-refractivity contribution in [3.8, 4) is 0 Å². The average molecular weight is 149 g/mol. The summed E-state index contributed by atoms with van der Waals surface area (Å²) in [6, 6.07) is 0. The Morgan fingerprint density at radius 3 is 2.00 bits per heavy atom. The Balaban J connectivity index is 2.70. The lowest BCUT2D eigenvalue weighted by atomic mass is 9.81. The van der Waals surface area contributed by atoms with Crippen molar-refractivity contribution in [2.75, 3.05) is 0 Å². The number of halogens is 2. The summed E-state index contributed by atoms with van der Waals surface area (Å²) in [6.07, 6.45) is 1.85. The van der Waals surface area contributed by atoms with Crippen LogP contribution in [0.15, 0.2) is 0 Å². The van der Waals surface area contributed by atoms with E-state index in [9.17, 15) is 8.78 Å². The maximum atomic E-state index is 12.9. The minimum absolute atomic E-state index is 0.0417. The SMILES string of the molecule is CC1(N)CCCCC1(F)F. The monoisotopic (exact) mass is 149 g/mol. The second kappa shape index (κ2) is 2.16. The summed E-state index contributed by atoms with van der Waals surface area (Å²) < 4.78 is 25.7. The summed E-state index contributed by atoms with van der Waals surface area (Å²) in [5.41, 5.74) is 4.15. The highest BCUT2D eigenvalue weighted by Crippen LogP contribution is 2.39. The molecule has 1 atom stereocenters. The maximum Gasteiger partial charge on any atom is 0.265 e. The smallest absolute Gasteiger partial charge is 0.265 e. The molecule has 1 fully saturated rings. The van der Waals surface area contributed by atoms with Crippen molar-refractivity contribution in [3.63, 3.8) is 0 Å². The summed E-state index contributed by atoms with van der Waals surface area (Å²) in [6.45, 7) is 1.44. The summed E-state index contributed by atoms with van der Waals surface area (Å²) in [7, 11) is 0. The van der Waals surface area contributed by atoms with Gasteiger partial charge in [-0.15, -0.1) is 0 Å². The van der Waals surface area contributed by atoms with Crippen molar-refractivity contribution in [1.29, 1.82) is 0 Å². The van der Waals surface area contributed by atoms with E-state index in [1.807, 2.05) is 0 Å². The van der Waals surface area contributed by atoms with Gasteiger partial charge in [-0.1, -0.05) is 6.42 Å². The first-order valence-electron chi connectivity index (χ1n) is 3.62. The van der Waals surface area contributed by atoms with Gasteiger partial charge in [0.1, 0.15) is 0 Å². The molecule has 3 heteroatoms. The van der Waals surface area contributed by atoms with Crippen LogP contribution in [0.5, 0.6) is 0 Å². The third-order valence-corrected chi connectivity index (χ3v) is 2.27. The zero-order chi connectivity index (χ0) is 7.83. The molecule has 0 bridgehead atoms. The van der Waals surface area contributed by atoms with Crippen LogP contribution in [0.3, 0.4) is 0 Å². The topological polar surface area (TPSA) is 26.0 Å². The van der Waals surface area contributed by atoms with E-state index in [4.69, 9.17) is 5.73 Å². The highest BCUT2D eigenvalue weighted by molar-refractivity contribution is 4.96. The van der Waals surface area contributed by atoms with Crippen LogP contribution in [0.1, 0.15) is 32.6 Å². The van der Waals surface area contributed by atoms with E-state index in [1.165, 1.54) is 6.92 Å². The molecule has 60 valence electrons. The molecule has 0 aromatic carbocycles. The van der Waals surface area contributed by atoms with E-state index in [2.05, 4.69) is 0 Å². The first kappa shape index (κ1) is 7.92. The Labute approximate surface area is 59.6 Å². The van der Waals surface area contributed by atoms with E-state index in [0.717, 1.165) is 6.42 Å². The van der Waals surface area contributed by atoms with Gasteiger partial charge in [-0.2, -0.15) is 0 Å². The van der Waals surface area contributed by atoms with E-state index in [0.29, 0.717) is 12.8 Å². The molecule has 1 aliphatic rings. The first-order valence-corrected chi connectivity index (χ1v) is 3.62. The molecule has 1 nitrogen and oxygen atoms in total. The van der Waals surface area contributed by atoms with Crippen molar-refractivity contribution < 1.29 is 8.78 Å². The number of hydrogen-bond donors (Lipinski definition) is 1. The predicted molar refractivity (Wildman–Crippen MR) is 36.0 cm³/mol. The third kappa shape index (κ3) is 1.15. The van der Waals surface area contributed by atoms with E-state index in [-0.39, 0.29) is 6.42 Å². The van der Waals surface area contributed by atoms with Gasteiger partial charge in [0, 0.05) is 6.42 Å². The van der Waals surface area contributed by atoms with Gasteiger partial charge in [-0.25, -0.2) is 8.78 Å². The maximum absolute atomic E-state index is 12.9. The standard InChI is InChI=1S/C7H13F2N/c1-6(10)4-2-3-5-7(6,8)9/h2-5,10H2,1H3. The number of nitrogens with two attached hydrogens (primary N) is 1. The molecule has 0 aromatic rings. The lowest BCUT2D eigenvalue weighted by Gasteiger charge is -2.37. The van der Waals surface area contributed by atoms with Crippen LogP contribution in [0.25, 0.3) is 0 Å². The molecule has 0 saturated heterocycles. The van der Waals surface area contributed by atoms with Gasteiger partial charge in [-0.05, 0) is 19.8 Å². The molecule has 1 saturated carbocycles. The lowest BCUT2D eigenvalue weighted by Crippen LogP contribution is -2.55. The number of rotatable bonds is 0. The highest BCUT2D eigenvalue weighted by Gasteiger charge is 2.48. The Morgan fingerprint density at radius 1 is 1.20 bits per heavy atom. The van der Waals surface area contributed by atoms with Crippen molar-refractivity contribution in [2.45, 2.75) is 44.1 Å². The lowest BCUT2D eigenvalue weighted by molar-refractivity contribution is -0.0941. The fourth-order valence-electron chi connectivity index (χ4n) is 1.31. The van der Waals surface area contributed by atoms with Gasteiger partial charge in [0.05, 0.1) is 5.54 Å². The molecule has 0 heterocycles. The normalized spacial score (nSPS) is 39.6. The number of alkyl halides is 2. The van der Waals surface area contributed by atoms with Crippen LogP contribution >= 0.6 is 0 Å². The zero-order valence-electron chi connectivity index (χ0n) is 6.16. The summed E-state index contributed by atoms with van der Waals surface area (Å²) >= 11 is 0. The molecule has 1 aliphatic carbocycles. The molecule has 0 aliphatic heterocycles. The quantitative estimate of drug-likeness (QED) is 0.559. The second-order valence-corrected chi connectivity index (χ2v) is 3.33. The Bertz CT molecular complexity index is 116. The molecule has 2 N–H and O–H groups in total. The first-order chi connectivity index (χ1) is 4.46. The number of hydrogen-bond acceptors (Lipinski definition) is 1. The minimum Gasteiger partial charge on any atom is -0.320 e. The average Bonchev–Trinajstić information content (AvgIpc) is 1.77.